The van der Waals surface area contributed by atoms with Gasteiger partial charge < -0.3 is 9.47 Å². The molecule has 2 rings (SSSR count). The topological polar surface area (TPSA) is 18.5 Å². The number of rotatable bonds is 0. The summed E-state index contributed by atoms with van der Waals surface area (Å²) in [6, 6.07) is 0. The molecule has 3 atom stereocenters. The van der Waals surface area contributed by atoms with E-state index in [2.05, 4.69) is 38.8 Å². The molecular weight excluding hydrogens is 288 g/mol. The maximum atomic E-state index is 5.57. The van der Waals surface area contributed by atoms with E-state index in [1.165, 1.54) is 6.42 Å². The van der Waals surface area contributed by atoms with Gasteiger partial charge in [-0.1, -0.05) is 6.92 Å². The summed E-state index contributed by atoms with van der Waals surface area (Å²) >= 11 is 7.24. The third-order valence-corrected chi connectivity index (χ3v) is 5.69. The number of hydrogen-bond donors (Lipinski definition) is 0. The molecule has 2 aliphatic rings. The van der Waals surface area contributed by atoms with Gasteiger partial charge in [-0.2, -0.15) is 0 Å². The molecule has 0 unspecified atom stereocenters. The van der Waals surface area contributed by atoms with Crippen LogP contribution in [0.5, 0.6) is 0 Å². The zero-order chi connectivity index (χ0) is 8.82. The highest BCUT2D eigenvalue weighted by molar-refractivity contribution is 9.12. The molecule has 0 bridgehead atoms. The van der Waals surface area contributed by atoms with Gasteiger partial charge in [0.2, 0.25) is 0 Å². The second-order valence-corrected chi connectivity index (χ2v) is 6.27. The van der Waals surface area contributed by atoms with E-state index in [4.69, 9.17) is 9.47 Å². The van der Waals surface area contributed by atoms with Crippen LogP contribution in [-0.2, 0) is 9.47 Å². The van der Waals surface area contributed by atoms with E-state index >= 15 is 0 Å². The highest BCUT2D eigenvalue weighted by Gasteiger charge is 2.57. The van der Waals surface area contributed by atoms with Gasteiger partial charge in [0.1, 0.15) is 0 Å². The number of alkyl halides is 2. The summed E-state index contributed by atoms with van der Waals surface area (Å²) in [5.74, 6) is 0.705. The van der Waals surface area contributed by atoms with Crippen LogP contribution in [0, 0.1) is 5.92 Å². The average Bonchev–Trinajstić information content (AvgIpc) is 2.26. The lowest BCUT2D eigenvalue weighted by atomic mass is 9.86. The fourth-order valence-corrected chi connectivity index (χ4v) is 3.44. The first kappa shape index (κ1) is 9.44. The Labute approximate surface area is 89.2 Å². The molecule has 1 heterocycles. The lowest BCUT2D eigenvalue weighted by Gasteiger charge is -2.40. The molecule has 1 saturated heterocycles. The average molecular weight is 300 g/mol. The van der Waals surface area contributed by atoms with Crippen molar-refractivity contribution >= 4 is 31.9 Å². The summed E-state index contributed by atoms with van der Waals surface area (Å²) < 4.78 is 10.5. The first-order valence-corrected chi connectivity index (χ1v) is 5.80. The summed E-state index contributed by atoms with van der Waals surface area (Å²) in [4.78, 5) is 0. The van der Waals surface area contributed by atoms with Crippen LogP contribution in [0.25, 0.3) is 0 Å². The Kier molecular flexibility index (Phi) is 2.31. The van der Waals surface area contributed by atoms with E-state index in [1.54, 1.807) is 0 Å². The van der Waals surface area contributed by atoms with E-state index in [0.717, 1.165) is 12.8 Å². The number of ether oxygens (including phenoxy) is 2. The monoisotopic (exact) mass is 298 g/mol. The van der Waals surface area contributed by atoms with Crippen LogP contribution >= 0.6 is 31.9 Å². The van der Waals surface area contributed by atoms with Gasteiger partial charge in [-0.05, 0) is 57.0 Å². The zero-order valence-corrected chi connectivity index (χ0v) is 10.2. The minimum Gasteiger partial charge on any atom is -0.334 e. The van der Waals surface area contributed by atoms with Crippen molar-refractivity contribution in [1.82, 2.24) is 0 Å². The van der Waals surface area contributed by atoms with Gasteiger partial charge in [0.15, 0.2) is 15.8 Å². The van der Waals surface area contributed by atoms with E-state index < -0.39 is 0 Å². The van der Waals surface area contributed by atoms with Crippen LogP contribution in [0.15, 0.2) is 0 Å². The molecule has 0 aromatic rings. The largest absolute Gasteiger partial charge is 0.334 e. The molecule has 2 nitrogen and oxygen atoms in total. The smallest absolute Gasteiger partial charge is 0.164 e. The van der Waals surface area contributed by atoms with Gasteiger partial charge in [0.25, 0.3) is 0 Å². The molecule has 0 spiro atoms. The van der Waals surface area contributed by atoms with Gasteiger partial charge in [-0.25, -0.2) is 0 Å². The predicted octanol–water partition coefficient (Wildman–Crippen LogP) is 2.99. The molecular formula is C8H12Br2O2. The maximum absolute atomic E-state index is 5.57. The van der Waals surface area contributed by atoms with Crippen LogP contribution in [0.1, 0.15) is 26.2 Å². The molecule has 1 aliphatic carbocycles. The lowest BCUT2D eigenvalue weighted by molar-refractivity contribution is 0.0306. The SMILES string of the molecule is C[C@H]1CC[C@@]2(Br)OCO[C@]2(Br)C1. The van der Waals surface area contributed by atoms with E-state index in [1.807, 2.05) is 0 Å². The molecule has 0 aromatic carbocycles. The maximum Gasteiger partial charge on any atom is 0.164 e. The molecule has 2 fully saturated rings. The minimum absolute atomic E-state index is 0.285. The van der Waals surface area contributed by atoms with Crippen LogP contribution in [-0.4, -0.2) is 15.8 Å². The molecule has 0 N–H and O–H groups in total. The molecule has 0 amide bonds. The highest BCUT2D eigenvalue weighted by Crippen LogP contribution is 2.55. The minimum atomic E-state index is -0.294. The van der Waals surface area contributed by atoms with Crippen LogP contribution in [0.4, 0.5) is 0 Å². The Morgan fingerprint density at radius 3 is 2.67 bits per heavy atom. The van der Waals surface area contributed by atoms with Crippen molar-refractivity contribution < 1.29 is 9.47 Å². The standard InChI is InChI=1S/C8H12Br2O2/c1-6-2-3-7(9)8(10,4-6)12-5-11-7/h6H,2-5H2,1H3/t6-,7+,8+/m0/s1. The van der Waals surface area contributed by atoms with Gasteiger partial charge >= 0.3 is 0 Å². The fraction of sp³-hybridized carbons (Fsp3) is 1.00. The first-order valence-electron chi connectivity index (χ1n) is 4.21. The van der Waals surface area contributed by atoms with Crippen molar-refractivity contribution in [3.05, 3.63) is 0 Å². The fourth-order valence-electron chi connectivity index (χ4n) is 1.88. The van der Waals surface area contributed by atoms with Gasteiger partial charge in [-0.15, -0.1) is 0 Å². The number of halogens is 2. The Morgan fingerprint density at radius 2 is 1.92 bits per heavy atom. The molecule has 1 saturated carbocycles. The summed E-state index contributed by atoms with van der Waals surface area (Å²) in [6.45, 7) is 2.64. The van der Waals surface area contributed by atoms with E-state index in [0.29, 0.717) is 12.7 Å². The zero-order valence-electron chi connectivity index (χ0n) is 6.98. The van der Waals surface area contributed by atoms with Crippen LogP contribution in [0.3, 0.4) is 0 Å². The van der Waals surface area contributed by atoms with E-state index in [9.17, 15) is 0 Å². The normalized spacial score (nSPS) is 53.8. The quantitative estimate of drug-likeness (QED) is 0.640. The summed E-state index contributed by atoms with van der Waals surface area (Å²) in [5.41, 5.74) is 0. The Bertz CT molecular complexity index is 199. The van der Waals surface area contributed by atoms with E-state index in [-0.39, 0.29) is 9.02 Å². The third kappa shape index (κ3) is 1.27. The van der Waals surface area contributed by atoms with Crippen molar-refractivity contribution in [2.24, 2.45) is 5.92 Å². The molecule has 0 radical (unpaired) electrons. The summed E-state index contributed by atoms with van der Waals surface area (Å²) in [6.07, 6.45) is 3.22. The summed E-state index contributed by atoms with van der Waals surface area (Å²) in [5, 5.41) is 0. The summed E-state index contributed by atoms with van der Waals surface area (Å²) in [7, 11) is 0. The molecule has 4 heteroatoms. The first-order chi connectivity index (χ1) is 5.56. The van der Waals surface area contributed by atoms with Crippen molar-refractivity contribution in [2.45, 2.75) is 35.2 Å². The van der Waals surface area contributed by atoms with Crippen molar-refractivity contribution in [1.29, 1.82) is 0 Å². The van der Waals surface area contributed by atoms with Crippen molar-refractivity contribution in [3.8, 4) is 0 Å². The van der Waals surface area contributed by atoms with Gasteiger partial charge in [0, 0.05) is 0 Å². The molecule has 70 valence electrons. The van der Waals surface area contributed by atoms with Crippen molar-refractivity contribution in [2.75, 3.05) is 6.79 Å². The Morgan fingerprint density at radius 1 is 1.25 bits per heavy atom. The lowest BCUT2D eigenvalue weighted by Crippen LogP contribution is -2.46. The number of fused-ring (bicyclic) bond motifs is 1. The van der Waals surface area contributed by atoms with Gasteiger partial charge in [-0.3, -0.25) is 0 Å². The van der Waals surface area contributed by atoms with Gasteiger partial charge in [0.05, 0.1) is 0 Å². The molecule has 12 heavy (non-hydrogen) atoms. The highest BCUT2D eigenvalue weighted by atomic mass is 79.9. The Hall–Kier alpha value is 0.880. The second-order valence-electron chi connectivity index (χ2n) is 3.71. The second kappa shape index (κ2) is 2.94. The van der Waals surface area contributed by atoms with Crippen molar-refractivity contribution in [3.63, 3.8) is 0 Å². The molecule has 0 aromatic heterocycles. The van der Waals surface area contributed by atoms with Crippen LogP contribution in [0.2, 0.25) is 0 Å². The van der Waals surface area contributed by atoms with Crippen LogP contribution < -0.4 is 0 Å². The Balaban J connectivity index is 2.22. The molecule has 1 aliphatic heterocycles. The number of hydrogen-bond acceptors (Lipinski definition) is 2. The predicted molar refractivity (Wildman–Crippen MR) is 53.4 cm³/mol. The third-order valence-electron chi connectivity index (χ3n) is 2.70.